The number of nitrogens with zero attached hydrogens (tertiary/aromatic N) is 4. The Balaban J connectivity index is 0.000000943. The molecule has 6 N–H and O–H groups in total. The number of carbonyl (C=O) groups is 2. The molecule has 12 heteroatoms. The molecule has 2 aromatic heterocycles. The summed E-state index contributed by atoms with van der Waals surface area (Å²) < 4.78 is 3.85. The topological polar surface area (TPSA) is 206 Å². The van der Waals surface area contributed by atoms with Gasteiger partial charge in [-0.25, -0.2) is 9.13 Å². The molecule has 0 fully saturated rings. The van der Waals surface area contributed by atoms with Crippen molar-refractivity contribution < 1.29 is 39.1 Å². The highest BCUT2D eigenvalue weighted by Crippen LogP contribution is 2.19. The van der Waals surface area contributed by atoms with E-state index in [1.54, 1.807) is 25.0 Å². The van der Waals surface area contributed by atoms with E-state index in [0.717, 1.165) is 38.5 Å². The molecule has 2 aromatic rings. The average molecular weight is 815 g/mol. The molecule has 6 unspecified atom stereocenters. The lowest BCUT2D eigenvalue weighted by molar-refractivity contribution is -0.706. The van der Waals surface area contributed by atoms with E-state index in [1.807, 2.05) is 33.7 Å². The third-order valence-electron chi connectivity index (χ3n) is 10.7. The van der Waals surface area contributed by atoms with E-state index in [-0.39, 0.29) is 24.3 Å². The summed E-state index contributed by atoms with van der Waals surface area (Å²) in [5.74, 6) is -2.15. The van der Waals surface area contributed by atoms with Gasteiger partial charge in [0.05, 0.1) is 36.5 Å². The van der Waals surface area contributed by atoms with Gasteiger partial charge in [0, 0.05) is 24.2 Å². The summed E-state index contributed by atoms with van der Waals surface area (Å²) in [6.45, 7) is 10.2. The molecule has 0 saturated heterocycles. The van der Waals surface area contributed by atoms with Crippen molar-refractivity contribution in [3.05, 3.63) is 61.7 Å². The minimum atomic E-state index is -1.55. The van der Waals surface area contributed by atoms with Gasteiger partial charge in [0.1, 0.15) is 25.5 Å². The number of aromatic nitrogens is 4. The van der Waals surface area contributed by atoms with Gasteiger partial charge in [-0.1, -0.05) is 140 Å². The molecule has 58 heavy (non-hydrogen) atoms. The molecule has 0 aromatic carbocycles. The van der Waals surface area contributed by atoms with Crippen LogP contribution in [0.3, 0.4) is 0 Å². The smallest absolute Gasteiger partial charge is 0.286 e. The van der Waals surface area contributed by atoms with Gasteiger partial charge >= 0.3 is 0 Å². The van der Waals surface area contributed by atoms with Crippen LogP contribution in [0.1, 0.15) is 169 Å². The van der Waals surface area contributed by atoms with E-state index in [1.165, 1.54) is 103 Å². The number of hydrogen-bond acceptors (Lipinski definition) is 10. The molecule has 0 aliphatic heterocycles. The first-order valence-electron chi connectivity index (χ1n) is 22.4. The molecule has 6 atom stereocenters. The Morgan fingerprint density at radius 2 is 0.897 bits per heavy atom. The standard InChI is InChI=1S/2C21H40N3O.C4H4O4/c2*1-3-4-5-6-7-8-9-10-12-21(22)19(2)13-14-20(25)17-24-16-11-15-23-18-24;5-3(6)1-2-4(7)8/h2*11,15-16,18-21,25H,3-10,12-14,17,22H2,1-2H3;1-2H,(H,5,6)(H,7,8)/q2*+1;/p-2. The van der Waals surface area contributed by atoms with Gasteiger partial charge in [-0.3, -0.25) is 0 Å². The number of nitrogens with two attached hydrogens (primary N) is 2. The van der Waals surface area contributed by atoms with Gasteiger partial charge in [-0.15, -0.1) is 0 Å². The predicted octanol–water partition coefficient (Wildman–Crippen LogP) is 5.05. The van der Waals surface area contributed by atoms with E-state index >= 15 is 0 Å². The van der Waals surface area contributed by atoms with Crippen LogP contribution in [-0.4, -0.2) is 56.4 Å². The summed E-state index contributed by atoms with van der Waals surface area (Å²) >= 11 is 0. The molecular formula is C46H82N6O6. The Hall–Kier alpha value is -3.32. The minimum absolute atomic E-state index is 0.262. The summed E-state index contributed by atoms with van der Waals surface area (Å²) in [5, 5.41) is 39.2. The first kappa shape index (κ1) is 54.7. The molecule has 332 valence electrons. The van der Waals surface area contributed by atoms with Crippen LogP contribution in [0.25, 0.3) is 0 Å². The Kier molecular flexibility index (Phi) is 35.7. The zero-order valence-electron chi connectivity index (χ0n) is 36.7. The Labute approximate surface area is 351 Å². The summed E-state index contributed by atoms with van der Waals surface area (Å²) in [5.41, 5.74) is 12.7. The SMILES string of the molecule is CCCCCCCCCCC(N)C(C)CCC(O)C[n+]1cccnc1.CCCCCCCCCCC(N)C(C)CCC(O)C[n+]1cccnc1.O=C([O-])C=CC(=O)[O-]. The third-order valence-corrected chi connectivity index (χ3v) is 10.7. The molecule has 12 nitrogen and oxygen atoms in total. The quantitative estimate of drug-likeness (QED) is 0.0439. The fourth-order valence-electron chi connectivity index (χ4n) is 6.68. The largest absolute Gasteiger partial charge is 0.545 e. The van der Waals surface area contributed by atoms with E-state index in [0.29, 0.717) is 37.1 Å². The van der Waals surface area contributed by atoms with Gasteiger partial charge in [0.15, 0.2) is 0 Å². The van der Waals surface area contributed by atoms with Crippen molar-refractivity contribution in [2.24, 2.45) is 23.3 Å². The van der Waals surface area contributed by atoms with Crippen LogP contribution in [0.4, 0.5) is 0 Å². The van der Waals surface area contributed by atoms with Crippen LogP contribution in [0.5, 0.6) is 0 Å². The number of carbonyl (C=O) groups excluding carboxylic acids is 2. The number of aliphatic hydroxyl groups excluding tert-OH is 2. The van der Waals surface area contributed by atoms with Crippen molar-refractivity contribution in [2.75, 3.05) is 0 Å². The van der Waals surface area contributed by atoms with Crippen LogP contribution < -0.4 is 30.8 Å². The summed E-state index contributed by atoms with van der Waals surface area (Å²) in [6.07, 6.45) is 38.3. The lowest BCUT2D eigenvalue weighted by atomic mass is 9.91. The van der Waals surface area contributed by atoms with Gasteiger partial charge in [-0.05, 0) is 62.5 Å². The molecule has 2 rings (SSSR count). The van der Waals surface area contributed by atoms with Crippen molar-refractivity contribution >= 4 is 11.9 Å². The van der Waals surface area contributed by atoms with Crippen molar-refractivity contribution in [3.63, 3.8) is 0 Å². The monoisotopic (exact) mass is 815 g/mol. The molecule has 0 aliphatic rings. The van der Waals surface area contributed by atoms with E-state index < -0.39 is 11.9 Å². The van der Waals surface area contributed by atoms with E-state index in [2.05, 4.69) is 37.7 Å². The number of aliphatic hydroxyl groups is 2. The van der Waals surface area contributed by atoms with Crippen molar-refractivity contribution in [3.8, 4) is 0 Å². The molecule has 0 spiro atoms. The maximum atomic E-state index is 10.2. The van der Waals surface area contributed by atoms with Crippen molar-refractivity contribution in [2.45, 2.75) is 206 Å². The van der Waals surface area contributed by atoms with Crippen molar-refractivity contribution in [1.82, 2.24) is 9.97 Å². The molecule has 0 bridgehead atoms. The maximum absolute atomic E-state index is 10.2. The molecule has 0 saturated carbocycles. The number of unbranched alkanes of at least 4 members (excludes halogenated alkanes) is 14. The van der Waals surface area contributed by atoms with Gasteiger partial charge < -0.3 is 41.5 Å². The van der Waals surface area contributed by atoms with Crippen LogP contribution in [0, 0.1) is 11.8 Å². The van der Waals surface area contributed by atoms with Crippen molar-refractivity contribution in [1.29, 1.82) is 0 Å². The lowest BCUT2D eigenvalue weighted by Crippen LogP contribution is -2.40. The fraction of sp³-hybridized carbons (Fsp3) is 0.739. The number of aliphatic carboxylic acids is 2. The fourth-order valence-corrected chi connectivity index (χ4v) is 6.68. The second-order valence-corrected chi connectivity index (χ2v) is 16.1. The molecule has 0 amide bonds. The third kappa shape index (κ3) is 34.7. The van der Waals surface area contributed by atoms with E-state index in [9.17, 15) is 30.0 Å². The highest BCUT2D eigenvalue weighted by Gasteiger charge is 2.17. The van der Waals surface area contributed by atoms with Gasteiger partial charge in [0.25, 0.3) is 12.7 Å². The second kappa shape index (κ2) is 37.9. The summed E-state index contributed by atoms with van der Waals surface area (Å²) in [7, 11) is 0. The first-order chi connectivity index (χ1) is 27.9. The Bertz CT molecular complexity index is 1160. The summed E-state index contributed by atoms with van der Waals surface area (Å²) in [4.78, 5) is 27.0. The zero-order valence-corrected chi connectivity index (χ0v) is 36.7. The minimum Gasteiger partial charge on any atom is -0.545 e. The highest BCUT2D eigenvalue weighted by atomic mass is 16.4. The van der Waals surface area contributed by atoms with Crippen LogP contribution >= 0.6 is 0 Å². The summed E-state index contributed by atoms with van der Waals surface area (Å²) in [6, 6.07) is 4.29. The van der Waals surface area contributed by atoms with E-state index in [4.69, 9.17) is 11.5 Å². The molecule has 0 aliphatic carbocycles. The van der Waals surface area contributed by atoms with Gasteiger partial charge in [-0.2, -0.15) is 0 Å². The Morgan fingerprint density at radius 3 is 1.19 bits per heavy atom. The average Bonchev–Trinajstić information content (AvgIpc) is 3.21. The molecule has 0 radical (unpaired) electrons. The molecular weight excluding hydrogens is 733 g/mol. The second-order valence-electron chi connectivity index (χ2n) is 16.1. The number of carboxylic acid groups (broad SMARTS) is 2. The zero-order chi connectivity index (χ0) is 43.2. The van der Waals surface area contributed by atoms with Crippen LogP contribution in [0.2, 0.25) is 0 Å². The van der Waals surface area contributed by atoms with Crippen LogP contribution in [0.15, 0.2) is 61.7 Å². The number of hydrogen-bond donors (Lipinski definition) is 4. The normalized spacial score (nSPS) is 14.3. The first-order valence-corrected chi connectivity index (χ1v) is 22.4. The number of carboxylic acids is 2. The Morgan fingerprint density at radius 1 is 0.569 bits per heavy atom. The lowest BCUT2D eigenvalue weighted by Gasteiger charge is -2.21. The maximum Gasteiger partial charge on any atom is 0.286 e. The molecule has 2 heterocycles. The predicted molar refractivity (Wildman–Crippen MR) is 227 cm³/mol. The van der Waals surface area contributed by atoms with Crippen LogP contribution in [-0.2, 0) is 22.7 Å². The number of rotatable bonds is 32. The highest BCUT2D eigenvalue weighted by molar-refractivity contribution is 5.87. The van der Waals surface area contributed by atoms with Gasteiger partial charge in [0.2, 0.25) is 0 Å².